The maximum absolute atomic E-state index is 12.6. The molecule has 1 aromatic heterocycles. The van der Waals surface area contributed by atoms with E-state index in [0.717, 1.165) is 31.2 Å². The molecule has 5 nitrogen and oxygen atoms in total. The molecule has 2 fully saturated rings. The smallest absolute Gasteiger partial charge is 0.255 e. The molecule has 0 bridgehead atoms. The Morgan fingerprint density at radius 3 is 2.08 bits per heavy atom. The predicted octanol–water partition coefficient (Wildman–Crippen LogP) is 3.35. The summed E-state index contributed by atoms with van der Waals surface area (Å²) in [5, 5.41) is 6.11. The fraction of sp³-hybridized carbons (Fsp3) is 0.700. The molecule has 1 heterocycles. The second kappa shape index (κ2) is 6.19. The van der Waals surface area contributed by atoms with Gasteiger partial charge in [0.2, 0.25) is 5.91 Å². The average molecular weight is 346 g/mol. The van der Waals surface area contributed by atoms with Crippen molar-refractivity contribution in [2.24, 2.45) is 10.8 Å². The summed E-state index contributed by atoms with van der Waals surface area (Å²) in [7, 11) is 0. The quantitative estimate of drug-likeness (QED) is 0.859. The Hall–Kier alpha value is -1.78. The van der Waals surface area contributed by atoms with Crippen LogP contribution in [0.1, 0.15) is 75.1 Å². The Balaban J connectivity index is 1.57. The second-order valence-corrected chi connectivity index (χ2v) is 9.47. The third-order valence-electron chi connectivity index (χ3n) is 5.50. The first-order valence-corrected chi connectivity index (χ1v) is 9.22. The number of amides is 2. The number of carbonyl (C=O) groups is 2. The molecule has 2 saturated carbocycles. The molecule has 1 aromatic rings. The van der Waals surface area contributed by atoms with Gasteiger partial charge < -0.3 is 15.1 Å². The first kappa shape index (κ1) is 18.0. The molecule has 0 saturated heterocycles. The Kier molecular flexibility index (Phi) is 4.46. The third-order valence-corrected chi connectivity index (χ3v) is 5.50. The van der Waals surface area contributed by atoms with Crippen LogP contribution in [0.5, 0.6) is 0 Å². The predicted molar refractivity (Wildman–Crippen MR) is 96.4 cm³/mol. The van der Waals surface area contributed by atoms with Crippen molar-refractivity contribution in [3.05, 3.63) is 23.2 Å². The van der Waals surface area contributed by atoms with Gasteiger partial charge in [0.1, 0.15) is 5.76 Å². The summed E-state index contributed by atoms with van der Waals surface area (Å²) in [4.78, 5) is 24.9. The number of rotatable bonds is 5. The van der Waals surface area contributed by atoms with Crippen LogP contribution in [0.2, 0.25) is 0 Å². The van der Waals surface area contributed by atoms with Gasteiger partial charge in [0.15, 0.2) is 0 Å². The fourth-order valence-electron chi connectivity index (χ4n) is 4.37. The van der Waals surface area contributed by atoms with Gasteiger partial charge in [-0.25, -0.2) is 0 Å². The third kappa shape index (κ3) is 4.07. The molecule has 138 valence electrons. The monoisotopic (exact) mass is 346 g/mol. The number of aryl methyl sites for hydroxylation is 1. The van der Waals surface area contributed by atoms with Crippen molar-refractivity contribution in [2.45, 2.75) is 78.8 Å². The Morgan fingerprint density at radius 2 is 1.56 bits per heavy atom. The van der Waals surface area contributed by atoms with Crippen LogP contribution >= 0.6 is 0 Å². The molecule has 0 aliphatic heterocycles. The average Bonchev–Trinajstić information content (AvgIpc) is 2.75. The van der Waals surface area contributed by atoms with Crippen molar-refractivity contribution in [2.75, 3.05) is 0 Å². The highest BCUT2D eigenvalue weighted by atomic mass is 16.3. The van der Waals surface area contributed by atoms with E-state index in [1.54, 1.807) is 6.26 Å². The minimum Gasteiger partial charge on any atom is -0.468 e. The van der Waals surface area contributed by atoms with Gasteiger partial charge in [-0.3, -0.25) is 9.59 Å². The summed E-state index contributed by atoms with van der Waals surface area (Å²) < 4.78 is 5.51. The second-order valence-electron chi connectivity index (χ2n) is 9.47. The Labute approximate surface area is 149 Å². The number of furan rings is 1. The van der Waals surface area contributed by atoms with Crippen LogP contribution in [0.3, 0.4) is 0 Å². The molecule has 25 heavy (non-hydrogen) atoms. The van der Waals surface area contributed by atoms with Crippen molar-refractivity contribution in [3.8, 4) is 0 Å². The summed E-state index contributed by atoms with van der Waals surface area (Å²) in [5.74, 6) is 0.262. The highest BCUT2D eigenvalue weighted by Gasteiger charge is 2.38. The van der Waals surface area contributed by atoms with E-state index < -0.39 is 0 Å². The molecule has 0 atom stereocenters. The summed E-state index contributed by atoms with van der Waals surface area (Å²) in [6.07, 6.45) is 5.66. The van der Waals surface area contributed by atoms with E-state index in [4.69, 9.17) is 4.42 Å². The number of hydrogen-bond donors (Lipinski definition) is 2. The van der Waals surface area contributed by atoms with Crippen molar-refractivity contribution in [3.63, 3.8) is 0 Å². The highest BCUT2D eigenvalue weighted by Crippen LogP contribution is 2.40. The van der Waals surface area contributed by atoms with Crippen LogP contribution in [-0.2, 0) is 11.2 Å². The first-order valence-electron chi connectivity index (χ1n) is 9.22. The molecule has 2 aliphatic carbocycles. The van der Waals surface area contributed by atoms with E-state index in [-0.39, 0.29) is 30.3 Å². The summed E-state index contributed by atoms with van der Waals surface area (Å²) >= 11 is 0. The van der Waals surface area contributed by atoms with Crippen LogP contribution in [0, 0.1) is 17.8 Å². The number of hydrogen-bond acceptors (Lipinski definition) is 3. The normalized spacial score (nSPS) is 22.0. The maximum Gasteiger partial charge on any atom is 0.255 e. The van der Waals surface area contributed by atoms with Gasteiger partial charge in [-0.1, -0.05) is 27.7 Å². The van der Waals surface area contributed by atoms with E-state index in [9.17, 15) is 9.59 Å². The maximum atomic E-state index is 12.6. The molecule has 0 radical (unpaired) electrons. The molecular weight excluding hydrogens is 316 g/mol. The minimum atomic E-state index is -0.126. The van der Waals surface area contributed by atoms with Crippen LogP contribution in [0.4, 0.5) is 0 Å². The molecule has 3 rings (SSSR count). The van der Waals surface area contributed by atoms with Gasteiger partial charge in [-0.2, -0.15) is 0 Å². The lowest BCUT2D eigenvalue weighted by Crippen LogP contribution is -2.49. The lowest BCUT2D eigenvalue weighted by molar-refractivity contribution is -0.122. The molecule has 2 N–H and O–H groups in total. The standard InChI is InChI=1S/C20H30N2O3/c1-12-11-25-15(6-16(23)21-13-7-19(2,3)8-13)17(12)18(24)22-14-9-20(4,5)10-14/h11,13-14H,6-10H2,1-5H3,(H,21,23)(H,22,24). The summed E-state index contributed by atoms with van der Waals surface area (Å²) in [6.45, 7) is 10.7. The van der Waals surface area contributed by atoms with Crippen molar-refractivity contribution in [1.82, 2.24) is 10.6 Å². The van der Waals surface area contributed by atoms with Crippen molar-refractivity contribution >= 4 is 11.8 Å². The molecule has 2 amide bonds. The molecule has 0 aromatic carbocycles. The van der Waals surface area contributed by atoms with E-state index in [1.165, 1.54) is 0 Å². The van der Waals surface area contributed by atoms with Crippen LogP contribution in [0.25, 0.3) is 0 Å². The zero-order valence-corrected chi connectivity index (χ0v) is 16.0. The zero-order chi connectivity index (χ0) is 18.4. The zero-order valence-electron chi connectivity index (χ0n) is 16.0. The van der Waals surface area contributed by atoms with Gasteiger partial charge in [0, 0.05) is 17.6 Å². The largest absolute Gasteiger partial charge is 0.468 e. The lowest BCUT2D eigenvalue weighted by Gasteiger charge is -2.43. The van der Waals surface area contributed by atoms with Crippen LogP contribution in [-0.4, -0.2) is 23.9 Å². The van der Waals surface area contributed by atoms with E-state index in [2.05, 4.69) is 38.3 Å². The first-order chi connectivity index (χ1) is 11.5. The van der Waals surface area contributed by atoms with Crippen LogP contribution in [0.15, 0.2) is 10.7 Å². The topological polar surface area (TPSA) is 71.3 Å². The summed E-state index contributed by atoms with van der Waals surface area (Å²) in [6, 6.07) is 0.462. The van der Waals surface area contributed by atoms with Gasteiger partial charge in [0.25, 0.3) is 5.91 Å². The fourth-order valence-corrected chi connectivity index (χ4v) is 4.37. The number of nitrogens with one attached hydrogen (secondary N) is 2. The summed E-state index contributed by atoms with van der Waals surface area (Å²) in [5.41, 5.74) is 1.93. The lowest BCUT2D eigenvalue weighted by atomic mass is 9.68. The van der Waals surface area contributed by atoms with Crippen molar-refractivity contribution < 1.29 is 14.0 Å². The van der Waals surface area contributed by atoms with Crippen molar-refractivity contribution in [1.29, 1.82) is 0 Å². The number of carbonyl (C=O) groups excluding carboxylic acids is 2. The van der Waals surface area contributed by atoms with E-state index in [1.807, 2.05) is 6.92 Å². The van der Waals surface area contributed by atoms with Gasteiger partial charge in [-0.15, -0.1) is 0 Å². The van der Waals surface area contributed by atoms with Gasteiger partial charge in [0.05, 0.1) is 18.2 Å². The molecule has 0 unspecified atom stereocenters. The highest BCUT2D eigenvalue weighted by molar-refractivity contribution is 5.98. The molecule has 0 spiro atoms. The molecular formula is C20H30N2O3. The molecule has 2 aliphatic rings. The van der Waals surface area contributed by atoms with E-state index >= 15 is 0 Å². The Morgan fingerprint density at radius 1 is 1.04 bits per heavy atom. The van der Waals surface area contributed by atoms with E-state index in [0.29, 0.717) is 22.2 Å². The van der Waals surface area contributed by atoms with Gasteiger partial charge in [-0.05, 0) is 43.4 Å². The van der Waals surface area contributed by atoms with Gasteiger partial charge >= 0.3 is 0 Å². The Bertz CT molecular complexity index is 671. The molecule has 5 heteroatoms. The SMILES string of the molecule is Cc1coc(CC(=O)NC2CC(C)(C)C2)c1C(=O)NC1CC(C)(C)C1. The van der Waals surface area contributed by atoms with Crippen LogP contribution < -0.4 is 10.6 Å². The minimum absolute atomic E-state index is 0.0753.